The fourth-order valence-electron chi connectivity index (χ4n) is 6.06. The van der Waals surface area contributed by atoms with E-state index in [1.807, 2.05) is 27.2 Å². The van der Waals surface area contributed by atoms with Crippen LogP contribution < -0.4 is 0 Å². The van der Waals surface area contributed by atoms with Gasteiger partial charge in [-0.1, -0.05) is 140 Å². The van der Waals surface area contributed by atoms with Crippen LogP contribution in [-0.2, 0) is 28.6 Å². The number of hydrogen-bond acceptors (Lipinski definition) is 6. The molecule has 0 aliphatic heterocycles. The summed E-state index contributed by atoms with van der Waals surface area (Å²) in [7, 11) is 5.50. The highest BCUT2D eigenvalue weighted by molar-refractivity contribution is 5.72. The lowest BCUT2D eigenvalue weighted by Gasteiger charge is -2.31. The molecule has 0 radical (unpaired) electrons. The third-order valence-electron chi connectivity index (χ3n) is 9.46. The number of allylic oxidation sites excluding steroid dienone is 8. The lowest BCUT2D eigenvalue weighted by molar-refractivity contribution is -0.887. The maximum Gasteiger partial charge on any atom is 0.362 e. The van der Waals surface area contributed by atoms with E-state index in [-0.39, 0.29) is 42.7 Å². The number of carbonyl (C=O) groups excluding carboxylic acids is 2. The van der Waals surface area contributed by atoms with Gasteiger partial charge in [-0.05, 0) is 64.2 Å². The minimum atomic E-state index is -0.884. The molecule has 1 N–H and O–H groups in total. The topological polar surface area (TPSA) is 99.1 Å². The highest BCUT2D eigenvalue weighted by Crippen LogP contribution is 2.13. The van der Waals surface area contributed by atoms with Gasteiger partial charge in [-0.25, -0.2) is 4.79 Å². The van der Waals surface area contributed by atoms with Crippen molar-refractivity contribution in [2.75, 3.05) is 41.0 Å². The zero-order chi connectivity index (χ0) is 40.0. The number of quaternary nitrogens is 1. The molecule has 2 atom stereocenters. The summed E-state index contributed by atoms with van der Waals surface area (Å²) in [5, 5.41) is 9.61. The summed E-state index contributed by atoms with van der Waals surface area (Å²) in [5.41, 5.74) is 0. The van der Waals surface area contributed by atoms with Crippen LogP contribution in [0, 0.1) is 0 Å². The largest absolute Gasteiger partial charge is 0.477 e. The van der Waals surface area contributed by atoms with Crippen LogP contribution in [0.1, 0.15) is 174 Å². The zero-order valence-electron chi connectivity index (χ0n) is 35.4. The van der Waals surface area contributed by atoms with Gasteiger partial charge >= 0.3 is 17.9 Å². The van der Waals surface area contributed by atoms with Gasteiger partial charge in [0.05, 0.1) is 34.4 Å². The number of unbranched alkanes of at least 4 members (excludes halogenated alkanes) is 16. The minimum absolute atomic E-state index is 0.0401. The average Bonchev–Trinajstić information content (AvgIpc) is 3.12. The summed E-state index contributed by atoms with van der Waals surface area (Å²) < 4.78 is 17.2. The summed E-state index contributed by atoms with van der Waals surface area (Å²) in [6, 6.07) is -0.623. The quantitative estimate of drug-likeness (QED) is 0.0289. The van der Waals surface area contributed by atoms with E-state index in [1.165, 1.54) is 89.9 Å². The van der Waals surface area contributed by atoms with Crippen LogP contribution in [0.2, 0.25) is 0 Å². The predicted octanol–water partition coefficient (Wildman–Crippen LogP) is 11.6. The van der Waals surface area contributed by atoms with Crippen molar-refractivity contribution in [2.45, 2.75) is 187 Å². The van der Waals surface area contributed by atoms with Gasteiger partial charge < -0.3 is 23.8 Å². The van der Waals surface area contributed by atoms with Crippen LogP contribution in [0.4, 0.5) is 0 Å². The molecule has 8 nitrogen and oxygen atoms in total. The first-order chi connectivity index (χ1) is 26.1. The number of carboxylic acid groups (broad SMARTS) is 1. The Bertz CT molecular complexity index is 1030. The molecule has 0 heterocycles. The molecule has 0 aliphatic rings. The molecule has 2 unspecified atom stereocenters. The maximum atomic E-state index is 12.7. The lowest BCUT2D eigenvalue weighted by Crippen LogP contribution is -2.50. The Labute approximate surface area is 331 Å². The molecule has 0 aromatic rings. The highest BCUT2D eigenvalue weighted by atomic mass is 16.6. The number of hydrogen-bond donors (Lipinski definition) is 1. The number of likely N-dealkylation sites (N-methyl/N-ethyl adjacent to an activating group) is 1. The van der Waals surface area contributed by atoms with Crippen molar-refractivity contribution in [1.29, 1.82) is 0 Å². The van der Waals surface area contributed by atoms with E-state index in [9.17, 15) is 19.5 Å². The Morgan fingerprint density at radius 1 is 0.556 bits per heavy atom. The predicted molar refractivity (Wildman–Crippen MR) is 224 cm³/mol. The fourth-order valence-corrected chi connectivity index (χ4v) is 6.06. The molecule has 0 spiro atoms. The molecule has 0 aromatic heterocycles. The first kappa shape index (κ1) is 51.3. The normalized spacial score (nSPS) is 13.4. The van der Waals surface area contributed by atoms with Gasteiger partial charge in [-0.3, -0.25) is 9.59 Å². The Balaban J connectivity index is 4.43. The second-order valence-corrected chi connectivity index (χ2v) is 15.6. The van der Waals surface area contributed by atoms with Gasteiger partial charge in [0.2, 0.25) is 0 Å². The van der Waals surface area contributed by atoms with Gasteiger partial charge in [0, 0.05) is 19.3 Å². The van der Waals surface area contributed by atoms with E-state index >= 15 is 0 Å². The number of nitrogens with zero attached hydrogens (tertiary/aromatic N) is 1. The average molecular weight is 761 g/mol. The number of carboxylic acids is 1. The van der Waals surface area contributed by atoms with Gasteiger partial charge in [-0.2, -0.15) is 0 Å². The van der Waals surface area contributed by atoms with Gasteiger partial charge in [0.1, 0.15) is 6.61 Å². The Morgan fingerprint density at radius 2 is 1.02 bits per heavy atom. The van der Waals surface area contributed by atoms with E-state index in [0.29, 0.717) is 19.3 Å². The molecule has 0 aliphatic carbocycles. The van der Waals surface area contributed by atoms with Gasteiger partial charge in [0.25, 0.3) is 0 Å². The monoisotopic (exact) mass is 761 g/mol. The molecule has 0 aromatic carbocycles. The standard InChI is InChI=1S/C46H81NO7/c1-6-8-10-12-14-16-18-20-21-22-23-25-27-29-31-33-35-37-45(49)54-42(40-52-39-38-43(46(50)51)47(3,4)5)41-53-44(48)36-34-32-30-28-26-24-19-17-15-13-11-9-7-2/h14,16,20-21,24,26,30,32,42-43H,6-13,15,17-19,22-23,25,27-29,31,33-41H2,1-5H3/p+1/b16-14+,21-20+,26-24+,32-30+. The third-order valence-corrected chi connectivity index (χ3v) is 9.46. The summed E-state index contributed by atoms with van der Waals surface area (Å²) in [5.74, 6) is -1.56. The molecular formula is C46H82NO7+. The molecule has 0 fully saturated rings. The molecule has 312 valence electrons. The summed E-state index contributed by atoms with van der Waals surface area (Å²) >= 11 is 0. The SMILES string of the molecule is CCCCC/C=C/C/C=C/CCCCCCCCCC(=O)OC(COCCC(C(=O)O)[N+](C)(C)C)COC(=O)CC/C=C/C/C=C/CCCCCCCC. The molecule has 8 heteroatoms. The molecule has 0 saturated carbocycles. The van der Waals surface area contributed by atoms with Gasteiger partial charge in [0.15, 0.2) is 12.1 Å². The smallest absolute Gasteiger partial charge is 0.362 e. The van der Waals surface area contributed by atoms with Crippen LogP contribution in [0.3, 0.4) is 0 Å². The Hall–Kier alpha value is -2.71. The maximum absolute atomic E-state index is 12.7. The number of rotatable bonds is 38. The lowest BCUT2D eigenvalue weighted by atomic mass is 10.1. The molecular weight excluding hydrogens is 679 g/mol. The van der Waals surface area contributed by atoms with Gasteiger partial charge in [-0.15, -0.1) is 0 Å². The molecule has 0 amide bonds. The van der Waals surface area contributed by atoms with Crippen molar-refractivity contribution >= 4 is 17.9 Å². The van der Waals surface area contributed by atoms with Crippen molar-refractivity contribution in [3.8, 4) is 0 Å². The van der Waals surface area contributed by atoms with Crippen molar-refractivity contribution in [1.82, 2.24) is 0 Å². The molecule has 0 bridgehead atoms. The minimum Gasteiger partial charge on any atom is -0.477 e. The molecule has 0 rings (SSSR count). The Kier molecular flexibility index (Phi) is 35.4. The van der Waals surface area contributed by atoms with Crippen molar-refractivity contribution in [2.24, 2.45) is 0 Å². The summed E-state index contributed by atoms with van der Waals surface area (Å²) in [6.45, 7) is 4.62. The van der Waals surface area contributed by atoms with E-state index < -0.39 is 18.1 Å². The van der Waals surface area contributed by atoms with Crippen LogP contribution in [0.15, 0.2) is 48.6 Å². The van der Waals surface area contributed by atoms with Crippen LogP contribution in [-0.4, -0.2) is 80.6 Å². The van der Waals surface area contributed by atoms with Crippen molar-refractivity contribution in [3.63, 3.8) is 0 Å². The molecule has 54 heavy (non-hydrogen) atoms. The van der Waals surface area contributed by atoms with Crippen LogP contribution in [0.25, 0.3) is 0 Å². The van der Waals surface area contributed by atoms with Crippen molar-refractivity contribution < 1.29 is 38.2 Å². The summed E-state index contributed by atoms with van der Waals surface area (Å²) in [6.07, 6.45) is 43.1. The number of ether oxygens (including phenoxy) is 3. The summed E-state index contributed by atoms with van der Waals surface area (Å²) in [4.78, 5) is 36.9. The van der Waals surface area contributed by atoms with E-state index in [0.717, 1.165) is 44.9 Å². The fraction of sp³-hybridized carbons (Fsp3) is 0.761. The Morgan fingerprint density at radius 3 is 1.54 bits per heavy atom. The second kappa shape index (κ2) is 37.2. The van der Waals surface area contributed by atoms with E-state index in [4.69, 9.17) is 14.2 Å². The second-order valence-electron chi connectivity index (χ2n) is 15.6. The number of esters is 2. The third kappa shape index (κ3) is 35.0. The van der Waals surface area contributed by atoms with E-state index in [2.05, 4.69) is 56.4 Å². The number of aliphatic carboxylic acids is 1. The molecule has 0 saturated heterocycles. The highest BCUT2D eigenvalue weighted by Gasteiger charge is 2.31. The van der Waals surface area contributed by atoms with E-state index in [1.54, 1.807) is 0 Å². The number of carbonyl (C=O) groups is 3. The first-order valence-corrected chi connectivity index (χ1v) is 21.7. The van der Waals surface area contributed by atoms with Crippen molar-refractivity contribution in [3.05, 3.63) is 48.6 Å². The van der Waals surface area contributed by atoms with Crippen LogP contribution >= 0.6 is 0 Å². The first-order valence-electron chi connectivity index (χ1n) is 21.7. The zero-order valence-corrected chi connectivity index (χ0v) is 35.4. The van der Waals surface area contributed by atoms with Crippen LogP contribution in [0.5, 0.6) is 0 Å².